The Morgan fingerprint density at radius 1 is 0.906 bits per heavy atom. The zero-order valence-electron chi connectivity index (χ0n) is 17.3. The molecule has 0 radical (unpaired) electrons. The second-order valence-corrected chi connectivity index (χ2v) is 9.68. The number of amides is 1. The number of nitrogens with zero attached hydrogens (tertiary/aromatic N) is 3. The molecule has 1 aliphatic rings. The summed E-state index contributed by atoms with van der Waals surface area (Å²) in [5.41, 5.74) is 3.71. The molecule has 1 fully saturated rings. The lowest BCUT2D eigenvalue weighted by molar-refractivity contribution is 0.102. The van der Waals surface area contributed by atoms with Crippen LogP contribution in [0.5, 0.6) is 0 Å². The molecular formula is C24H22N4O3S. The maximum absolute atomic E-state index is 12.8. The molecular weight excluding hydrogens is 424 g/mol. The van der Waals surface area contributed by atoms with Crippen molar-refractivity contribution in [3.63, 3.8) is 0 Å². The number of aromatic nitrogens is 2. The normalized spacial score (nSPS) is 14.6. The van der Waals surface area contributed by atoms with E-state index in [0.717, 1.165) is 29.6 Å². The first-order valence-corrected chi connectivity index (χ1v) is 11.9. The molecule has 0 bridgehead atoms. The molecule has 0 atom stereocenters. The first-order chi connectivity index (χ1) is 15.5. The van der Waals surface area contributed by atoms with E-state index >= 15 is 0 Å². The topological polar surface area (TPSA) is 84.3 Å². The van der Waals surface area contributed by atoms with Gasteiger partial charge in [0.05, 0.1) is 15.9 Å². The lowest BCUT2D eigenvalue weighted by Crippen LogP contribution is -2.27. The third-order valence-corrected chi connectivity index (χ3v) is 7.55. The molecule has 1 amide bonds. The first kappa shape index (κ1) is 20.4. The molecule has 0 saturated carbocycles. The lowest BCUT2D eigenvalue weighted by Gasteiger charge is -2.16. The van der Waals surface area contributed by atoms with Gasteiger partial charge in [0.2, 0.25) is 10.0 Å². The molecule has 0 spiro atoms. The molecule has 7 nitrogen and oxygen atoms in total. The third-order valence-electron chi connectivity index (χ3n) is 5.66. The monoisotopic (exact) mass is 446 g/mol. The molecule has 1 saturated heterocycles. The molecule has 162 valence electrons. The van der Waals surface area contributed by atoms with Crippen LogP contribution < -0.4 is 5.32 Å². The Labute approximate surface area is 186 Å². The van der Waals surface area contributed by atoms with Gasteiger partial charge in [0.15, 0.2) is 0 Å². The highest BCUT2D eigenvalue weighted by Gasteiger charge is 2.27. The van der Waals surface area contributed by atoms with Gasteiger partial charge in [0.25, 0.3) is 5.91 Å². The number of carbonyl (C=O) groups excluding carboxylic acids is 1. The van der Waals surface area contributed by atoms with Crippen LogP contribution in [0.25, 0.3) is 16.7 Å². The van der Waals surface area contributed by atoms with E-state index in [1.807, 2.05) is 41.0 Å². The van der Waals surface area contributed by atoms with Gasteiger partial charge in [-0.1, -0.05) is 18.2 Å². The van der Waals surface area contributed by atoms with E-state index in [9.17, 15) is 13.2 Å². The molecule has 8 heteroatoms. The van der Waals surface area contributed by atoms with Gasteiger partial charge in [-0.2, -0.15) is 4.31 Å². The van der Waals surface area contributed by atoms with E-state index in [4.69, 9.17) is 0 Å². The molecule has 4 aromatic rings. The number of nitrogens with one attached hydrogen (secondary N) is 1. The van der Waals surface area contributed by atoms with Crippen molar-refractivity contribution in [1.29, 1.82) is 0 Å². The van der Waals surface area contributed by atoms with Crippen LogP contribution in [0.3, 0.4) is 0 Å². The fourth-order valence-electron chi connectivity index (χ4n) is 3.95. The van der Waals surface area contributed by atoms with Crippen molar-refractivity contribution in [2.24, 2.45) is 0 Å². The van der Waals surface area contributed by atoms with Gasteiger partial charge in [-0.3, -0.25) is 9.36 Å². The maximum Gasteiger partial charge on any atom is 0.255 e. The summed E-state index contributed by atoms with van der Waals surface area (Å²) < 4.78 is 29.0. The first-order valence-electron chi connectivity index (χ1n) is 10.5. The molecule has 3 aromatic carbocycles. The number of sulfonamides is 1. The molecule has 1 aliphatic heterocycles. The van der Waals surface area contributed by atoms with E-state index in [-0.39, 0.29) is 10.8 Å². The van der Waals surface area contributed by atoms with Crippen molar-refractivity contribution >= 4 is 32.7 Å². The summed E-state index contributed by atoms with van der Waals surface area (Å²) >= 11 is 0. The predicted octanol–water partition coefficient (Wildman–Crippen LogP) is 4.06. The van der Waals surface area contributed by atoms with E-state index in [0.29, 0.717) is 24.3 Å². The Morgan fingerprint density at radius 3 is 2.44 bits per heavy atom. The minimum Gasteiger partial charge on any atom is -0.322 e. The Kier molecular flexibility index (Phi) is 5.24. The number of carbonyl (C=O) groups is 1. The molecule has 32 heavy (non-hydrogen) atoms. The number of fused-ring (bicyclic) bond motifs is 1. The van der Waals surface area contributed by atoms with Gasteiger partial charge < -0.3 is 5.32 Å². The van der Waals surface area contributed by atoms with Crippen LogP contribution in [-0.2, 0) is 10.0 Å². The highest BCUT2D eigenvalue weighted by Crippen LogP contribution is 2.24. The number of rotatable bonds is 5. The molecule has 0 unspecified atom stereocenters. The van der Waals surface area contributed by atoms with Gasteiger partial charge >= 0.3 is 0 Å². The van der Waals surface area contributed by atoms with E-state index in [2.05, 4.69) is 10.3 Å². The lowest BCUT2D eigenvalue weighted by atomic mass is 10.2. The smallest absolute Gasteiger partial charge is 0.255 e. The second kappa shape index (κ2) is 8.22. The van der Waals surface area contributed by atoms with Crippen LogP contribution in [0.1, 0.15) is 23.2 Å². The second-order valence-electron chi connectivity index (χ2n) is 7.74. The summed E-state index contributed by atoms with van der Waals surface area (Å²) in [5.74, 6) is -0.303. The van der Waals surface area contributed by atoms with Crippen molar-refractivity contribution in [2.45, 2.75) is 17.7 Å². The third kappa shape index (κ3) is 3.79. The number of anilines is 1. The average molecular weight is 447 g/mol. The zero-order chi connectivity index (χ0) is 22.1. The van der Waals surface area contributed by atoms with E-state index in [1.54, 1.807) is 36.7 Å². The Morgan fingerprint density at radius 2 is 1.66 bits per heavy atom. The highest BCUT2D eigenvalue weighted by molar-refractivity contribution is 7.89. The molecule has 1 aromatic heterocycles. The zero-order valence-corrected chi connectivity index (χ0v) is 18.1. The van der Waals surface area contributed by atoms with Gasteiger partial charge in [-0.25, -0.2) is 13.4 Å². The van der Waals surface area contributed by atoms with Gasteiger partial charge in [-0.05, 0) is 67.4 Å². The van der Waals surface area contributed by atoms with Crippen molar-refractivity contribution in [3.8, 4) is 5.69 Å². The minimum absolute atomic E-state index is 0.194. The van der Waals surface area contributed by atoms with Gasteiger partial charge in [-0.15, -0.1) is 0 Å². The van der Waals surface area contributed by atoms with Crippen LogP contribution in [0, 0.1) is 0 Å². The average Bonchev–Trinajstić information content (AvgIpc) is 3.50. The van der Waals surface area contributed by atoms with E-state index < -0.39 is 10.0 Å². The largest absolute Gasteiger partial charge is 0.322 e. The summed E-state index contributed by atoms with van der Waals surface area (Å²) in [7, 11) is -3.54. The van der Waals surface area contributed by atoms with Crippen molar-refractivity contribution in [2.75, 3.05) is 18.4 Å². The Hall–Kier alpha value is -3.49. The maximum atomic E-state index is 12.8. The molecule has 2 heterocycles. The summed E-state index contributed by atoms with van der Waals surface area (Å²) in [6, 6.07) is 21.4. The SMILES string of the molecule is O=C(Nc1cccc(S(=O)(=O)N2CCCC2)c1)c1ccc(-n2cnc3ccccc32)cc1. The fourth-order valence-corrected chi connectivity index (χ4v) is 5.52. The van der Waals surface area contributed by atoms with Gasteiger partial charge in [0.1, 0.15) is 6.33 Å². The van der Waals surface area contributed by atoms with Crippen LogP contribution in [-0.4, -0.2) is 41.3 Å². The summed E-state index contributed by atoms with van der Waals surface area (Å²) in [6.45, 7) is 1.08. The summed E-state index contributed by atoms with van der Waals surface area (Å²) in [5, 5.41) is 2.80. The van der Waals surface area contributed by atoms with Gasteiger partial charge in [0, 0.05) is 30.0 Å². The molecule has 0 aliphatic carbocycles. The minimum atomic E-state index is -3.54. The number of para-hydroxylation sites is 2. The van der Waals surface area contributed by atoms with Crippen molar-refractivity contribution < 1.29 is 13.2 Å². The summed E-state index contributed by atoms with van der Waals surface area (Å²) in [4.78, 5) is 17.3. The van der Waals surface area contributed by atoms with Crippen LogP contribution in [0.2, 0.25) is 0 Å². The molecule has 1 N–H and O–H groups in total. The van der Waals surface area contributed by atoms with E-state index in [1.165, 1.54) is 10.4 Å². The number of hydrogen-bond donors (Lipinski definition) is 1. The van der Waals surface area contributed by atoms with Crippen LogP contribution >= 0.6 is 0 Å². The summed E-state index contributed by atoms with van der Waals surface area (Å²) in [6.07, 6.45) is 3.51. The van der Waals surface area contributed by atoms with Crippen molar-refractivity contribution in [3.05, 3.63) is 84.7 Å². The highest BCUT2D eigenvalue weighted by atomic mass is 32.2. The molecule has 5 rings (SSSR count). The van der Waals surface area contributed by atoms with Crippen LogP contribution in [0.4, 0.5) is 5.69 Å². The number of hydrogen-bond acceptors (Lipinski definition) is 4. The Balaban J connectivity index is 1.34. The Bertz CT molecular complexity index is 1390. The van der Waals surface area contributed by atoms with Crippen molar-refractivity contribution in [1.82, 2.24) is 13.9 Å². The predicted molar refractivity (Wildman–Crippen MR) is 123 cm³/mol. The quantitative estimate of drug-likeness (QED) is 0.501. The fraction of sp³-hybridized carbons (Fsp3) is 0.167. The number of benzene rings is 3. The standard InChI is InChI=1S/C24H22N4O3S/c29-24(26-19-6-5-7-21(16-19)32(30,31)27-14-3-4-15-27)18-10-12-20(13-11-18)28-17-25-22-8-1-2-9-23(22)28/h1-2,5-13,16-17H,3-4,14-15H2,(H,26,29). The van der Waals surface area contributed by atoms with Crippen LogP contribution in [0.15, 0.2) is 84.0 Å². The number of imidazole rings is 1.